The summed E-state index contributed by atoms with van der Waals surface area (Å²) >= 11 is 23.1. The summed E-state index contributed by atoms with van der Waals surface area (Å²) in [4.78, 5) is 0. The highest BCUT2D eigenvalue weighted by molar-refractivity contribution is 7.80. The second kappa shape index (κ2) is 7.71. The lowest BCUT2D eigenvalue weighted by Crippen LogP contribution is -2.38. The van der Waals surface area contributed by atoms with Gasteiger partial charge in [-0.2, -0.15) is 0 Å². The van der Waals surface area contributed by atoms with E-state index in [0.29, 0.717) is 32.4 Å². The number of hydrogen-bond donors (Lipinski definition) is 3. The van der Waals surface area contributed by atoms with E-state index in [9.17, 15) is 0 Å². The van der Waals surface area contributed by atoms with Gasteiger partial charge in [0.05, 0.1) is 15.7 Å². The van der Waals surface area contributed by atoms with Crippen LogP contribution in [0.25, 0.3) is 0 Å². The molecule has 0 bridgehead atoms. The molecular formula is C14H12Cl3N3S. The van der Waals surface area contributed by atoms with E-state index in [2.05, 4.69) is 16.2 Å². The fourth-order valence-corrected chi connectivity index (χ4v) is 2.64. The van der Waals surface area contributed by atoms with Crippen LogP contribution in [0.2, 0.25) is 15.1 Å². The predicted molar refractivity (Wildman–Crippen MR) is 94.1 cm³/mol. The van der Waals surface area contributed by atoms with E-state index in [1.165, 1.54) is 0 Å². The molecule has 0 radical (unpaired) electrons. The number of benzene rings is 2. The van der Waals surface area contributed by atoms with Crippen LogP contribution in [0.4, 0.5) is 5.69 Å². The molecule has 0 fully saturated rings. The number of hydrogen-bond acceptors (Lipinski definition) is 2. The van der Waals surface area contributed by atoms with Crippen LogP contribution in [0.3, 0.4) is 0 Å². The zero-order valence-corrected chi connectivity index (χ0v) is 13.9. The molecular weight excluding hydrogens is 349 g/mol. The second-order valence-electron chi connectivity index (χ2n) is 4.16. The lowest BCUT2D eigenvalue weighted by molar-refractivity contribution is 0.886. The van der Waals surface area contributed by atoms with Crippen molar-refractivity contribution in [3.05, 3.63) is 63.1 Å². The monoisotopic (exact) mass is 359 g/mol. The van der Waals surface area contributed by atoms with Crippen molar-refractivity contribution in [1.29, 1.82) is 0 Å². The summed E-state index contributed by atoms with van der Waals surface area (Å²) in [5.41, 5.74) is 7.35. The molecule has 0 aliphatic heterocycles. The van der Waals surface area contributed by atoms with Gasteiger partial charge in [-0.05, 0) is 29.9 Å². The van der Waals surface area contributed by atoms with Crippen LogP contribution >= 0.6 is 47.0 Å². The van der Waals surface area contributed by atoms with Gasteiger partial charge in [-0.1, -0.05) is 65.1 Å². The Bertz CT molecular complexity index is 612. The van der Waals surface area contributed by atoms with Crippen LogP contribution in [-0.2, 0) is 6.54 Å². The molecule has 3 N–H and O–H groups in total. The van der Waals surface area contributed by atoms with Crippen LogP contribution < -0.4 is 16.2 Å². The molecule has 0 aliphatic rings. The highest BCUT2D eigenvalue weighted by Gasteiger charge is 2.07. The average molecular weight is 361 g/mol. The van der Waals surface area contributed by atoms with Gasteiger partial charge in [0, 0.05) is 11.6 Å². The van der Waals surface area contributed by atoms with Crippen LogP contribution in [0.15, 0.2) is 42.5 Å². The summed E-state index contributed by atoms with van der Waals surface area (Å²) in [5, 5.41) is 4.79. The van der Waals surface area contributed by atoms with E-state index < -0.39 is 0 Å². The molecule has 0 heterocycles. The summed E-state index contributed by atoms with van der Waals surface area (Å²) in [6.45, 7) is 0.621. The Balaban J connectivity index is 1.87. The first-order valence-corrected chi connectivity index (χ1v) is 7.59. The molecule has 0 saturated heterocycles. The number of anilines is 1. The largest absolute Gasteiger partial charge is 0.357 e. The van der Waals surface area contributed by atoms with Crippen molar-refractivity contribution in [1.82, 2.24) is 10.7 Å². The van der Waals surface area contributed by atoms with Crippen molar-refractivity contribution in [2.45, 2.75) is 6.54 Å². The number of nitrogens with one attached hydrogen (secondary N) is 3. The maximum Gasteiger partial charge on any atom is 0.185 e. The molecule has 21 heavy (non-hydrogen) atoms. The van der Waals surface area contributed by atoms with Crippen LogP contribution in [0.5, 0.6) is 0 Å². The molecule has 3 nitrogen and oxygen atoms in total. The second-order valence-corrected chi connectivity index (χ2v) is 5.82. The minimum atomic E-state index is 0.408. The minimum Gasteiger partial charge on any atom is -0.357 e. The van der Waals surface area contributed by atoms with E-state index in [0.717, 1.165) is 5.56 Å². The van der Waals surface area contributed by atoms with Gasteiger partial charge >= 0.3 is 0 Å². The van der Waals surface area contributed by atoms with Crippen molar-refractivity contribution in [2.75, 3.05) is 5.43 Å². The average Bonchev–Trinajstić information content (AvgIpc) is 2.45. The summed E-state index contributed by atoms with van der Waals surface area (Å²) < 4.78 is 0. The molecule has 0 saturated carbocycles. The first kappa shape index (κ1) is 16.2. The molecule has 7 heteroatoms. The molecule has 2 aromatic rings. The molecule has 110 valence electrons. The first-order valence-electron chi connectivity index (χ1n) is 6.04. The predicted octanol–water partition coefficient (Wildman–Crippen LogP) is 4.64. The smallest absolute Gasteiger partial charge is 0.185 e. The lowest BCUT2D eigenvalue weighted by atomic mass is 10.2. The maximum atomic E-state index is 6.06. The minimum absolute atomic E-state index is 0.408. The number of halogens is 3. The lowest BCUT2D eigenvalue weighted by Gasteiger charge is -2.14. The van der Waals surface area contributed by atoms with Gasteiger partial charge in [0.25, 0.3) is 0 Å². The maximum absolute atomic E-state index is 6.06. The number of hydrazine groups is 1. The Morgan fingerprint density at radius 1 is 1.00 bits per heavy atom. The van der Waals surface area contributed by atoms with Gasteiger partial charge in [-0.15, -0.1) is 0 Å². The molecule has 0 aliphatic carbocycles. The zero-order chi connectivity index (χ0) is 15.2. The standard InChI is InChI=1S/C14H12Cl3N3S/c15-10-6-11(16)13(12(17)7-10)19-20-14(21)18-8-9-4-2-1-3-5-9/h1-7,19H,8H2,(H2,18,20,21). The van der Waals surface area contributed by atoms with Crippen molar-refractivity contribution >= 4 is 57.8 Å². The van der Waals surface area contributed by atoms with Crippen molar-refractivity contribution < 1.29 is 0 Å². The van der Waals surface area contributed by atoms with Crippen LogP contribution in [0.1, 0.15) is 5.56 Å². The molecule has 0 unspecified atom stereocenters. The Hall–Kier alpha value is -1.20. The third-order valence-electron chi connectivity index (χ3n) is 2.60. The molecule has 0 spiro atoms. The Morgan fingerprint density at radius 2 is 1.62 bits per heavy atom. The highest BCUT2D eigenvalue weighted by atomic mass is 35.5. The molecule has 0 amide bonds. The number of thiocarbonyl (C=S) groups is 1. The first-order chi connectivity index (χ1) is 10.1. The van der Waals surface area contributed by atoms with Crippen molar-refractivity contribution in [3.63, 3.8) is 0 Å². The van der Waals surface area contributed by atoms with Crippen molar-refractivity contribution in [2.24, 2.45) is 0 Å². The van der Waals surface area contributed by atoms with E-state index in [1.807, 2.05) is 30.3 Å². The normalized spacial score (nSPS) is 10.0. The topological polar surface area (TPSA) is 36.1 Å². The fourth-order valence-electron chi connectivity index (χ4n) is 1.60. The molecule has 0 atom stereocenters. The SMILES string of the molecule is S=C(NCc1ccccc1)NNc1c(Cl)cc(Cl)cc1Cl. The van der Waals surface area contributed by atoms with Crippen LogP contribution in [0, 0.1) is 0 Å². The fraction of sp³-hybridized carbons (Fsp3) is 0.0714. The van der Waals surface area contributed by atoms with Gasteiger partial charge in [-0.25, -0.2) is 0 Å². The summed E-state index contributed by atoms with van der Waals surface area (Å²) in [7, 11) is 0. The molecule has 2 aromatic carbocycles. The van der Waals surface area contributed by atoms with Crippen molar-refractivity contribution in [3.8, 4) is 0 Å². The van der Waals surface area contributed by atoms with Gasteiger partial charge in [0.15, 0.2) is 5.11 Å². The summed E-state index contributed by atoms with van der Waals surface area (Å²) in [6.07, 6.45) is 0. The van der Waals surface area contributed by atoms with E-state index in [-0.39, 0.29) is 0 Å². The zero-order valence-electron chi connectivity index (χ0n) is 10.8. The quantitative estimate of drug-likeness (QED) is 0.548. The molecule has 2 rings (SSSR count). The highest BCUT2D eigenvalue weighted by Crippen LogP contribution is 2.32. The van der Waals surface area contributed by atoms with E-state index in [4.69, 9.17) is 47.0 Å². The van der Waals surface area contributed by atoms with Gasteiger partial charge < -0.3 is 5.32 Å². The van der Waals surface area contributed by atoms with E-state index >= 15 is 0 Å². The summed E-state index contributed by atoms with van der Waals surface area (Å²) in [5.74, 6) is 0. The van der Waals surface area contributed by atoms with Crippen LogP contribution in [-0.4, -0.2) is 5.11 Å². The summed E-state index contributed by atoms with van der Waals surface area (Å²) in [6, 6.07) is 13.1. The van der Waals surface area contributed by atoms with Gasteiger partial charge in [0.1, 0.15) is 0 Å². The van der Waals surface area contributed by atoms with E-state index in [1.54, 1.807) is 12.1 Å². The third kappa shape index (κ3) is 4.93. The molecule has 0 aromatic heterocycles. The Morgan fingerprint density at radius 3 is 2.24 bits per heavy atom. The van der Waals surface area contributed by atoms with Gasteiger partial charge in [0.2, 0.25) is 0 Å². The van der Waals surface area contributed by atoms with Gasteiger partial charge in [-0.3, -0.25) is 10.9 Å². The Kier molecular flexibility index (Phi) is 5.94. The Labute approximate surface area is 143 Å². The third-order valence-corrected chi connectivity index (χ3v) is 3.66. The number of rotatable bonds is 4.